The van der Waals surface area contributed by atoms with Gasteiger partial charge in [-0.25, -0.2) is 4.39 Å². The van der Waals surface area contributed by atoms with E-state index in [4.69, 9.17) is 11.6 Å². The van der Waals surface area contributed by atoms with Gasteiger partial charge < -0.3 is 20.0 Å². The Labute approximate surface area is 199 Å². The van der Waals surface area contributed by atoms with E-state index in [9.17, 15) is 24.2 Å². The number of nitrogens with zero attached hydrogens (tertiary/aromatic N) is 3. The summed E-state index contributed by atoms with van der Waals surface area (Å²) < 4.78 is 13.3. The predicted molar refractivity (Wildman–Crippen MR) is 125 cm³/mol. The van der Waals surface area contributed by atoms with E-state index in [1.807, 2.05) is 18.7 Å². The molecule has 1 aromatic carbocycles. The van der Waals surface area contributed by atoms with Crippen LogP contribution in [0.3, 0.4) is 0 Å². The molecule has 2 aliphatic rings. The number of piperidine rings is 1. The predicted octanol–water partition coefficient (Wildman–Crippen LogP) is 2.01. The second-order valence-corrected chi connectivity index (χ2v) is 10.00. The first-order valence-corrected chi connectivity index (χ1v) is 11.7. The lowest BCUT2D eigenvalue weighted by molar-refractivity contribution is -0.132. The summed E-state index contributed by atoms with van der Waals surface area (Å²) in [7, 11) is 0. The van der Waals surface area contributed by atoms with Crippen LogP contribution in [0.15, 0.2) is 24.3 Å². The van der Waals surface area contributed by atoms with Gasteiger partial charge in [0.25, 0.3) is 0 Å². The minimum absolute atomic E-state index is 0.0121. The summed E-state index contributed by atoms with van der Waals surface area (Å²) >= 11 is 5.77. The molecule has 1 aromatic rings. The average Bonchev–Trinajstić information content (AvgIpc) is 2.93. The quantitative estimate of drug-likeness (QED) is 0.607. The van der Waals surface area contributed by atoms with E-state index < -0.39 is 18.0 Å². The molecule has 0 aromatic heterocycles. The molecule has 2 heterocycles. The summed E-state index contributed by atoms with van der Waals surface area (Å²) in [6.45, 7) is 6.97. The molecular formula is C24H33ClFN3O4. The van der Waals surface area contributed by atoms with Gasteiger partial charge in [-0.05, 0) is 42.2 Å². The standard InChI is InChI=1S/C24H33ClFN3O4/c1-24(2)8-10-27(16-21(24)31)14-18(30)15-29-12-11-28(9-7-23(29)33)22(32)6-4-17-3-5-20(26)19(25)13-17/h3-6,13,18,21,30-31H,7-12,14-16H2,1-2H3/t18?,21-/m1/s1. The number of benzene rings is 1. The largest absolute Gasteiger partial charge is 0.391 e. The molecule has 0 radical (unpaired) electrons. The number of aliphatic hydroxyl groups is 2. The van der Waals surface area contributed by atoms with E-state index >= 15 is 0 Å². The maximum atomic E-state index is 13.3. The fourth-order valence-corrected chi connectivity index (χ4v) is 4.33. The van der Waals surface area contributed by atoms with Crippen molar-refractivity contribution in [1.82, 2.24) is 14.7 Å². The number of halogens is 2. The van der Waals surface area contributed by atoms with Crippen LogP contribution in [0.4, 0.5) is 4.39 Å². The highest BCUT2D eigenvalue weighted by Crippen LogP contribution is 2.30. The monoisotopic (exact) mass is 481 g/mol. The topological polar surface area (TPSA) is 84.3 Å². The van der Waals surface area contributed by atoms with Crippen LogP contribution in [0.5, 0.6) is 0 Å². The number of likely N-dealkylation sites (tertiary alicyclic amines) is 1. The first-order valence-electron chi connectivity index (χ1n) is 11.3. The van der Waals surface area contributed by atoms with Gasteiger partial charge in [-0.15, -0.1) is 0 Å². The second kappa shape index (κ2) is 11.0. The van der Waals surface area contributed by atoms with E-state index in [-0.39, 0.29) is 35.2 Å². The summed E-state index contributed by atoms with van der Waals surface area (Å²) in [6.07, 6.45) is 2.81. The molecule has 9 heteroatoms. The molecule has 0 spiro atoms. The highest BCUT2D eigenvalue weighted by molar-refractivity contribution is 6.30. The molecule has 182 valence electrons. The van der Waals surface area contributed by atoms with E-state index in [1.54, 1.807) is 15.9 Å². The Kier molecular flexibility index (Phi) is 8.50. The SMILES string of the molecule is CC1(C)CCN(CC(O)CN2CCN(C(=O)C=Cc3ccc(F)c(Cl)c3)CCC2=O)C[C@H]1O. The lowest BCUT2D eigenvalue weighted by atomic mass is 9.80. The van der Waals surface area contributed by atoms with E-state index in [2.05, 4.69) is 0 Å². The molecule has 1 unspecified atom stereocenters. The van der Waals surface area contributed by atoms with Crippen LogP contribution < -0.4 is 0 Å². The Morgan fingerprint density at radius 3 is 2.73 bits per heavy atom. The first kappa shape index (κ1) is 25.6. The lowest BCUT2D eigenvalue weighted by Crippen LogP contribution is -2.51. The second-order valence-electron chi connectivity index (χ2n) is 9.59. The Bertz CT molecular complexity index is 894. The van der Waals surface area contributed by atoms with Crippen molar-refractivity contribution in [3.8, 4) is 0 Å². The fourth-order valence-electron chi connectivity index (χ4n) is 4.14. The molecule has 3 rings (SSSR count). The van der Waals surface area contributed by atoms with Crippen molar-refractivity contribution in [2.75, 3.05) is 45.8 Å². The normalized spacial score (nSPS) is 23.1. The van der Waals surface area contributed by atoms with Crippen LogP contribution in [0.25, 0.3) is 6.08 Å². The van der Waals surface area contributed by atoms with Crippen LogP contribution in [0.1, 0.15) is 32.3 Å². The van der Waals surface area contributed by atoms with Crippen molar-refractivity contribution >= 4 is 29.5 Å². The fraction of sp³-hybridized carbons (Fsp3) is 0.583. The van der Waals surface area contributed by atoms with Gasteiger partial charge in [-0.1, -0.05) is 31.5 Å². The Morgan fingerprint density at radius 1 is 1.27 bits per heavy atom. The van der Waals surface area contributed by atoms with Crippen LogP contribution in [0, 0.1) is 11.2 Å². The number of rotatable bonds is 6. The zero-order chi connectivity index (χ0) is 24.2. The van der Waals surface area contributed by atoms with Crippen molar-refractivity contribution in [3.63, 3.8) is 0 Å². The maximum Gasteiger partial charge on any atom is 0.246 e. The third-order valence-corrected chi connectivity index (χ3v) is 6.86. The van der Waals surface area contributed by atoms with Gasteiger partial charge in [0.05, 0.1) is 17.2 Å². The molecule has 2 N–H and O–H groups in total. The molecule has 2 atom stereocenters. The molecule has 7 nitrogen and oxygen atoms in total. The third kappa shape index (κ3) is 6.99. The minimum atomic E-state index is -0.729. The molecule has 0 bridgehead atoms. The molecule has 2 aliphatic heterocycles. The highest BCUT2D eigenvalue weighted by Gasteiger charge is 2.35. The summed E-state index contributed by atoms with van der Waals surface area (Å²) in [5, 5.41) is 20.8. The summed E-state index contributed by atoms with van der Waals surface area (Å²) in [4.78, 5) is 30.4. The Balaban J connectivity index is 1.50. The molecule has 2 fully saturated rings. The van der Waals surface area contributed by atoms with E-state index in [0.29, 0.717) is 38.3 Å². The van der Waals surface area contributed by atoms with Crippen molar-refractivity contribution in [3.05, 3.63) is 40.7 Å². The number of carbonyl (C=O) groups excluding carboxylic acids is 2. The first-order chi connectivity index (χ1) is 15.5. The molecular weight excluding hydrogens is 449 g/mol. The van der Waals surface area contributed by atoms with Gasteiger partial charge in [0.2, 0.25) is 11.8 Å². The van der Waals surface area contributed by atoms with E-state index in [0.717, 1.165) is 13.0 Å². The zero-order valence-electron chi connectivity index (χ0n) is 19.2. The van der Waals surface area contributed by atoms with Crippen LogP contribution >= 0.6 is 11.6 Å². The lowest BCUT2D eigenvalue weighted by Gasteiger charge is -2.42. The minimum Gasteiger partial charge on any atom is -0.391 e. The number of amides is 2. The molecule has 0 aliphatic carbocycles. The van der Waals surface area contributed by atoms with E-state index in [1.165, 1.54) is 24.3 Å². The van der Waals surface area contributed by atoms with Gasteiger partial charge in [0, 0.05) is 51.8 Å². The van der Waals surface area contributed by atoms with Gasteiger partial charge in [0.1, 0.15) is 5.82 Å². The number of hydrogen-bond donors (Lipinski definition) is 2. The number of carbonyl (C=O) groups is 2. The molecule has 2 saturated heterocycles. The molecule has 2 amide bonds. The van der Waals surface area contributed by atoms with Crippen LogP contribution in [0.2, 0.25) is 5.02 Å². The maximum absolute atomic E-state index is 13.3. The zero-order valence-corrected chi connectivity index (χ0v) is 20.0. The summed E-state index contributed by atoms with van der Waals surface area (Å²) in [5.74, 6) is -0.859. The molecule has 0 saturated carbocycles. The van der Waals surface area contributed by atoms with Crippen molar-refractivity contribution in [2.45, 2.75) is 38.9 Å². The number of hydrogen-bond acceptors (Lipinski definition) is 5. The van der Waals surface area contributed by atoms with Crippen molar-refractivity contribution < 1.29 is 24.2 Å². The Morgan fingerprint density at radius 2 is 2.03 bits per heavy atom. The van der Waals surface area contributed by atoms with Crippen molar-refractivity contribution in [1.29, 1.82) is 0 Å². The number of aliphatic hydroxyl groups excluding tert-OH is 2. The van der Waals surface area contributed by atoms with Crippen LogP contribution in [-0.4, -0.2) is 94.7 Å². The number of β-amino-alcohol motifs (C(OH)–C–C–N with tert-alkyl or cyclic N) is 2. The van der Waals surface area contributed by atoms with Crippen LogP contribution in [-0.2, 0) is 9.59 Å². The summed E-state index contributed by atoms with van der Waals surface area (Å²) in [5.41, 5.74) is 0.479. The Hall–Kier alpha value is -2.00. The highest BCUT2D eigenvalue weighted by atomic mass is 35.5. The van der Waals surface area contributed by atoms with Gasteiger partial charge in [0.15, 0.2) is 0 Å². The molecule has 33 heavy (non-hydrogen) atoms. The van der Waals surface area contributed by atoms with Gasteiger partial charge in [-0.2, -0.15) is 0 Å². The average molecular weight is 482 g/mol. The summed E-state index contributed by atoms with van der Waals surface area (Å²) in [6, 6.07) is 4.21. The smallest absolute Gasteiger partial charge is 0.246 e. The van der Waals surface area contributed by atoms with Crippen molar-refractivity contribution in [2.24, 2.45) is 5.41 Å². The third-order valence-electron chi connectivity index (χ3n) is 6.57. The van der Waals surface area contributed by atoms with Gasteiger partial charge in [-0.3, -0.25) is 14.5 Å². The van der Waals surface area contributed by atoms with Gasteiger partial charge >= 0.3 is 0 Å².